The average Bonchev–Trinajstić information content (AvgIpc) is 2.86. The van der Waals surface area contributed by atoms with Gasteiger partial charge in [-0.05, 0) is 50.1 Å². The van der Waals surface area contributed by atoms with Crippen LogP contribution in [0.15, 0.2) is 0 Å². The molecule has 0 radical (unpaired) electrons. The largest absolute Gasteiger partial charge is 0.316 e. The molecule has 1 N–H and O–H groups in total. The second-order valence-electron chi connectivity index (χ2n) is 6.74. The van der Waals surface area contributed by atoms with Crippen molar-refractivity contribution in [1.29, 1.82) is 0 Å². The van der Waals surface area contributed by atoms with Crippen LogP contribution in [0.3, 0.4) is 0 Å². The highest BCUT2D eigenvalue weighted by Crippen LogP contribution is 2.37. The Morgan fingerprint density at radius 2 is 1.61 bits per heavy atom. The molecule has 0 aromatic heterocycles. The summed E-state index contributed by atoms with van der Waals surface area (Å²) in [7, 11) is 0. The Balaban J connectivity index is 1.63. The predicted molar refractivity (Wildman–Crippen MR) is 79.8 cm³/mol. The third kappa shape index (κ3) is 4.57. The molecule has 2 fully saturated rings. The lowest BCUT2D eigenvalue weighted by Gasteiger charge is -2.25. The standard InChI is InChI=1S/C17H33N/c1-2-13-18-14-17-10-6-9-16(17)12-11-15-7-4-3-5-8-15/h15-18H,2-14H2,1H3. The van der Waals surface area contributed by atoms with Crippen LogP contribution in [0, 0.1) is 17.8 Å². The summed E-state index contributed by atoms with van der Waals surface area (Å²) in [6.07, 6.45) is 16.4. The summed E-state index contributed by atoms with van der Waals surface area (Å²) in [6.45, 7) is 4.78. The summed E-state index contributed by atoms with van der Waals surface area (Å²) in [5.41, 5.74) is 0. The molecule has 0 spiro atoms. The first-order chi connectivity index (χ1) is 8.90. The van der Waals surface area contributed by atoms with Crippen LogP contribution in [0.5, 0.6) is 0 Å². The molecular weight excluding hydrogens is 218 g/mol. The van der Waals surface area contributed by atoms with Gasteiger partial charge in [0.05, 0.1) is 0 Å². The summed E-state index contributed by atoms with van der Waals surface area (Å²) in [4.78, 5) is 0. The third-order valence-corrected chi connectivity index (χ3v) is 5.32. The maximum absolute atomic E-state index is 3.64. The van der Waals surface area contributed by atoms with Crippen LogP contribution in [-0.4, -0.2) is 13.1 Å². The van der Waals surface area contributed by atoms with Crippen molar-refractivity contribution >= 4 is 0 Å². The van der Waals surface area contributed by atoms with Crippen molar-refractivity contribution < 1.29 is 0 Å². The van der Waals surface area contributed by atoms with Crippen molar-refractivity contribution in [2.24, 2.45) is 17.8 Å². The highest BCUT2D eigenvalue weighted by atomic mass is 14.9. The van der Waals surface area contributed by atoms with E-state index in [1.165, 1.54) is 83.7 Å². The number of rotatable bonds is 7. The normalized spacial score (nSPS) is 29.8. The monoisotopic (exact) mass is 251 g/mol. The van der Waals surface area contributed by atoms with Crippen molar-refractivity contribution in [1.82, 2.24) is 5.32 Å². The zero-order valence-corrected chi connectivity index (χ0v) is 12.4. The lowest BCUT2D eigenvalue weighted by Crippen LogP contribution is -2.26. The fraction of sp³-hybridized carbons (Fsp3) is 1.00. The molecule has 0 heterocycles. The molecule has 0 amide bonds. The van der Waals surface area contributed by atoms with Gasteiger partial charge in [-0.2, -0.15) is 0 Å². The van der Waals surface area contributed by atoms with Crippen LogP contribution in [-0.2, 0) is 0 Å². The van der Waals surface area contributed by atoms with Gasteiger partial charge in [0, 0.05) is 0 Å². The fourth-order valence-corrected chi connectivity index (χ4v) is 4.15. The second-order valence-corrected chi connectivity index (χ2v) is 6.74. The molecule has 2 atom stereocenters. The van der Waals surface area contributed by atoms with Crippen molar-refractivity contribution in [2.75, 3.05) is 13.1 Å². The van der Waals surface area contributed by atoms with E-state index in [9.17, 15) is 0 Å². The highest BCUT2D eigenvalue weighted by molar-refractivity contribution is 4.80. The van der Waals surface area contributed by atoms with E-state index in [0.717, 1.165) is 17.8 Å². The molecule has 1 nitrogen and oxygen atoms in total. The van der Waals surface area contributed by atoms with Crippen LogP contribution < -0.4 is 5.32 Å². The maximum atomic E-state index is 3.64. The van der Waals surface area contributed by atoms with E-state index in [-0.39, 0.29) is 0 Å². The molecule has 1 heteroatoms. The topological polar surface area (TPSA) is 12.0 Å². The molecule has 0 aliphatic heterocycles. The van der Waals surface area contributed by atoms with Crippen molar-refractivity contribution in [2.45, 2.75) is 77.6 Å². The molecule has 18 heavy (non-hydrogen) atoms. The minimum Gasteiger partial charge on any atom is -0.316 e. The Labute approximate surface area is 114 Å². The van der Waals surface area contributed by atoms with E-state index in [2.05, 4.69) is 12.2 Å². The van der Waals surface area contributed by atoms with Gasteiger partial charge in [-0.1, -0.05) is 58.3 Å². The van der Waals surface area contributed by atoms with E-state index >= 15 is 0 Å². The van der Waals surface area contributed by atoms with Gasteiger partial charge in [-0.3, -0.25) is 0 Å². The molecule has 2 saturated carbocycles. The highest BCUT2D eigenvalue weighted by Gasteiger charge is 2.27. The Kier molecular flexibility index (Phi) is 6.54. The van der Waals surface area contributed by atoms with Crippen molar-refractivity contribution in [3.8, 4) is 0 Å². The number of nitrogens with one attached hydrogen (secondary N) is 1. The third-order valence-electron chi connectivity index (χ3n) is 5.32. The van der Waals surface area contributed by atoms with Gasteiger partial charge in [0.15, 0.2) is 0 Å². The van der Waals surface area contributed by atoms with Gasteiger partial charge in [-0.15, -0.1) is 0 Å². The first kappa shape index (κ1) is 14.4. The van der Waals surface area contributed by atoms with Gasteiger partial charge in [-0.25, -0.2) is 0 Å². The summed E-state index contributed by atoms with van der Waals surface area (Å²) >= 11 is 0. The Hall–Kier alpha value is -0.0400. The predicted octanol–water partition coefficient (Wildman–Crippen LogP) is 4.76. The van der Waals surface area contributed by atoms with Gasteiger partial charge in [0.1, 0.15) is 0 Å². The van der Waals surface area contributed by atoms with Gasteiger partial charge >= 0.3 is 0 Å². The molecule has 0 saturated heterocycles. The molecule has 2 unspecified atom stereocenters. The van der Waals surface area contributed by atoms with Crippen molar-refractivity contribution in [3.63, 3.8) is 0 Å². The zero-order valence-electron chi connectivity index (χ0n) is 12.4. The number of hydrogen-bond acceptors (Lipinski definition) is 1. The molecule has 2 aliphatic carbocycles. The van der Waals surface area contributed by atoms with Gasteiger partial charge in [0.25, 0.3) is 0 Å². The summed E-state index contributed by atoms with van der Waals surface area (Å²) in [6, 6.07) is 0. The molecular formula is C17H33N. The van der Waals surface area contributed by atoms with E-state index in [4.69, 9.17) is 0 Å². The molecule has 2 rings (SSSR count). The Morgan fingerprint density at radius 1 is 0.833 bits per heavy atom. The van der Waals surface area contributed by atoms with Crippen LogP contribution in [0.4, 0.5) is 0 Å². The first-order valence-electron chi connectivity index (χ1n) is 8.61. The first-order valence-corrected chi connectivity index (χ1v) is 8.61. The SMILES string of the molecule is CCCNCC1CCCC1CCC1CCCCC1. The van der Waals surface area contributed by atoms with Gasteiger partial charge in [0.2, 0.25) is 0 Å². The van der Waals surface area contributed by atoms with E-state index in [0.29, 0.717) is 0 Å². The minimum atomic E-state index is 1.00. The molecule has 106 valence electrons. The summed E-state index contributed by atoms with van der Waals surface area (Å²) in [5.74, 6) is 3.14. The average molecular weight is 251 g/mol. The quantitative estimate of drug-likeness (QED) is 0.643. The van der Waals surface area contributed by atoms with E-state index in [1.807, 2.05) is 0 Å². The van der Waals surface area contributed by atoms with Crippen LogP contribution in [0.2, 0.25) is 0 Å². The molecule has 0 aromatic rings. The minimum absolute atomic E-state index is 1.00. The lowest BCUT2D eigenvalue weighted by atomic mass is 9.82. The molecule has 0 aromatic carbocycles. The van der Waals surface area contributed by atoms with Gasteiger partial charge < -0.3 is 5.32 Å². The van der Waals surface area contributed by atoms with Crippen LogP contribution >= 0.6 is 0 Å². The zero-order chi connectivity index (χ0) is 12.6. The van der Waals surface area contributed by atoms with Crippen LogP contribution in [0.25, 0.3) is 0 Å². The second kappa shape index (κ2) is 8.19. The summed E-state index contributed by atoms with van der Waals surface area (Å²) < 4.78 is 0. The molecule has 2 aliphatic rings. The fourth-order valence-electron chi connectivity index (χ4n) is 4.15. The summed E-state index contributed by atoms with van der Waals surface area (Å²) in [5, 5.41) is 3.64. The van der Waals surface area contributed by atoms with Crippen LogP contribution in [0.1, 0.15) is 77.6 Å². The maximum Gasteiger partial charge on any atom is -0.00179 e. The van der Waals surface area contributed by atoms with Crippen molar-refractivity contribution in [3.05, 3.63) is 0 Å². The smallest absolute Gasteiger partial charge is 0.00179 e. The van der Waals surface area contributed by atoms with E-state index in [1.54, 1.807) is 0 Å². The Morgan fingerprint density at radius 3 is 2.39 bits per heavy atom. The lowest BCUT2D eigenvalue weighted by molar-refractivity contribution is 0.277. The molecule has 0 bridgehead atoms. The number of hydrogen-bond donors (Lipinski definition) is 1. The Bertz CT molecular complexity index is 208. The van der Waals surface area contributed by atoms with E-state index < -0.39 is 0 Å².